The molecule has 0 unspecified atom stereocenters. The number of ketones is 1. The Bertz CT molecular complexity index is 870. The molecule has 1 N–H and O–H groups in total. The van der Waals surface area contributed by atoms with Gasteiger partial charge in [-0.2, -0.15) is 0 Å². The van der Waals surface area contributed by atoms with Crippen LogP contribution in [-0.2, 0) is 9.53 Å². The maximum atomic E-state index is 12.4. The molecule has 0 fully saturated rings. The number of H-pyrrole nitrogens is 1. The molecular weight excluding hydrogens is 318 g/mol. The fraction of sp³-hybridized carbons (Fsp3) is 0.200. The number of aromatic nitrogens is 1. The van der Waals surface area contributed by atoms with E-state index in [2.05, 4.69) is 4.98 Å². The normalized spacial score (nSPS) is 11.9. The molecule has 25 heavy (non-hydrogen) atoms. The lowest BCUT2D eigenvalue weighted by Gasteiger charge is -2.16. The predicted molar refractivity (Wildman–Crippen MR) is 94.7 cm³/mol. The molecule has 0 amide bonds. The number of esters is 1. The van der Waals surface area contributed by atoms with E-state index in [0.717, 1.165) is 10.9 Å². The van der Waals surface area contributed by atoms with Gasteiger partial charge in [-0.25, -0.2) is 4.79 Å². The SMILES string of the molecule is CC[C@@H](Oc1ccccc1)C(=O)OCC(=O)c1c[nH]c2ccccc12. The van der Waals surface area contributed by atoms with E-state index in [9.17, 15) is 9.59 Å². The van der Waals surface area contributed by atoms with Crippen molar-refractivity contribution in [3.63, 3.8) is 0 Å². The largest absolute Gasteiger partial charge is 0.479 e. The Morgan fingerprint density at radius 1 is 1.04 bits per heavy atom. The van der Waals surface area contributed by atoms with Gasteiger partial charge in [0.05, 0.1) is 0 Å². The van der Waals surface area contributed by atoms with E-state index in [1.807, 2.05) is 49.4 Å². The number of carbonyl (C=O) groups is 2. The monoisotopic (exact) mass is 337 g/mol. The van der Waals surface area contributed by atoms with Crippen molar-refractivity contribution in [2.75, 3.05) is 6.61 Å². The standard InChI is InChI=1S/C20H19NO4/c1-2-19(25-14-8-4-3-5-9-14)20(23)24-13-18(22)16-12-21-17-11-7-6-10-15(16)17/h3-12,19,21H,2,13H2,1H3/t19-/m1/s1. The Morgan fingerprint density at radius 2 is 1.76 bits per heavy atom. The summed E-state index contributed by atoms with van der Waals surface area (Å²) in [7, 11) is 0. The zero-order valence-electron chi connectivity index (χ0n) is 13.9. The number of aromatic amines is 1. The molecule has 3 aromatic rings. The van der Waals surface area contributed by atoms with Gasteiger partial charge in [-0.15, -0.1) is 0 Å². The maximum Gasteiger partial charge on any atom is 0.347 e. The number of para-hydroxylation sites is 2. The van der Waals surface area contributed by atoms with Crippen molar-refractivity contribution >= 4 is 22.7 Å². The summed E-state index contributed by atoms with van der Waals surface area (Å²) in [6, 6.07) is 16.6. The summed E-state index contributed by atoms with van der Waals surface area (Å²) in [6.45, 7) is 1.52. The second-order valence-electron chi connectivity index (χ2n) is 5.61. The third-order valence-electron chi connectivity index (χ3n) is 3.89. The second-order valence-corrected chi connectivity index (χ2v) is 5.61. The lowest BCUT2D eigenvalue weighted by atomic mass is 10.1. The van der Waals surface area contributed by atoms with Crippen molar-refractivity contribution in [3.05, 3.63) is 66.4 Å². The molecule has 2 aromatic carbocycles. The van der Waals surface area contributed by atoms with Crippen molar-refractivity contribution in [2.45, 2.75) is 19.4 Å². The van der Waals surface area contributed by atoms with Crippen LogP contribution in [0.2, 0.25) is 0 Å². The van der Waals surface area contributed by atoms with Crippen LogP contribution in [0.4, 0.5) is 0 Å². The van der Waals surface area contributed by atoms with Crippen LogP contribution in [0.25, 0.3) is 10.9 Å². The number of nitrogens with one attached hydrogen (secondary N) is 1. The van der Waals surface area contributed by atoms with Gasteiger partial charge in [0, 0.05) is 22.7 Å². The molecule has 1 heterocycles. The van der Waals surface area contributed by atoms with E-state index in [1.54, 1.807) is 18.3 Å². The quantitative estimate of drug-likeness (QED) is 0.526. The third kappa shape index (κ3) is 3.88. The van der Waals surface area contributed by atoms with Crippen molar-refractivity contribution < 1.29 is 19.1 Å². The molecule has 0 bridgehead atoms. The smallest absolute Gasteiger partial charge is 0.347 e. The van der Waals surface area contributed by atoms with Gasteiger partial charge in [-0.05, 0) is 24.6 Å². The van der Waals surface area contributed by atoms with Gasteiger partial charge in [0.25, 0.3) is 0 Å². The molecule has 0 aliphatic carbocycles. The third-order valence-corrected chi connectivity index (χ3v) is 3.89. The first-order chi connectivity index (χ1) is 12.2. The van der Waals surface area contributed by atoms with Crippen LogP contribution < -0.4 is 4.74 Å². The van der Waals surface area contributed by atoms with Gasteiger partial charge in [0.2, 0.25) is 5.78 Å². The molecule has 5 heteroatoms. The van der Waals surface area contributed by atoms with Crippen LogP contribution in [0, 0.1) is 0 Å². The van der Waals surface area contributed by atoms with Crippen LogP contribution in [0.3, 0.4) is 0 Å². The minimum absolute atomic E-state index is 0.250. The lowest BCUT2D eigenvalue weighted by molar-refractivity contribution is -0.150. The average molecular weight is 337 g/mol. The first kappa shape index (κ1) is 16.8. The zero-order chi connectivity index (χ0) is 17.6. The highest BCUT2D eigenvalue weighted by atomic mass is 16.6. The number of fused-ring (bicyclic) bond motifs is 1. The molecule has 3 rings (SSSR count). The van der Waals surface area contributed by atoms with Crippen LogP contribution >= 0.6 is 0 Å². The van der Waals surface area contributed by atoms with Crippen LogP contribution in [-0.4, -0.2) is 29.4 Å². The highest BCUT2D eigenvalue weighted by Crippen LogP contribution is 2.18. The van der Waals surface area contributed by atoms with Gasteiger partial charge in [0.1, 0.15) is 5.75 Å². The number of benzene rings is 2. The average Bonchev–Trinajstić information content (AvgIpc) is 3.09. The number of rotatable bonds is 7. The number of hydrogen-bond acceptors (Lipinski definition) is 4. The first-order valence-corrected chi connectivity index (χ1v) is 8.16. The van der Waals surface area contributed by atoms with Crippen molar-refractivity contribution in [1.82, 2.24) is 4.98 Å². The Labute approximate surface area is 145 Å². The Kier molecular flexibility index (Phi) is 5.14. The molecule has 1 aromatic heterocycles. The number of hydrogen-bond donors (Lipinski definition) is 1. The summed E-state index contributed by atoms with van der Waals surface area (Å²) >= 11 is 0. The summed E-state index contributed by atoms with van der Waals surface area (Å²) in [6.07, 6.45) is 1.35. The molecule has 5 nitrogen and oxygen atoms in total. The molecule has 0 aliphatic heterocycles. The van der Waals surface area contributed by atoms with E-state index in [-0.39, 0.29) is 12.4 Å². The molecule has 0 aliphatic rings. The van der Waals surface area contributed by atoms with Crippen LogP contribution in [0.15, 0.2) is 60.8 Å². The van der Waals surface area contributed by atoms with Crippen LogP contribution in [0.5, 0.6) is 5.75 Å². The Morgan fingerprint density at radius 3 is 2.52 bits per heavy atom. The van der Waals surface area contributed by atoms with Crippen molar-refractivity contribution in [1.29, 1.82) is 0 Å². The van der Waals surface area contributed by atoms with E-state index >= 15 is 0 Å². The summed E-state index contributed by atoms with van der Waals surface area (Å²) in [4.78, 5) is 27.6. The Hall–Kier alpha value is -3.08. The highest BCUT2D eigenvalue weighted by Gasteiger charge is 2.22. The highest BCUT2D eigenvalue weighted by molar-refractivity contribution is 6.08. The minimum Gasteiger partial charge on any atom is -0.479 e. The second kappa shape index (κ2) is 7.66. The van der Waals surface area contributed by atoms with Gasteiger partial charge < -0.3 is 14.5 Å². The van der Waals surface area contributed by atoms with E-state index in [1.165, 1.54) is 0 Å². The number of Topliss-reactive ketones (excluding diaryl/α,β-unsaturated/α-hetero) is 1. The fourth-order valence-electron chi connectivity index (χ4n) is 2.57. The van der Waals surface area contributed by atoms with E-state index < -0.39 is 12.1 Å². The fourth-order valence-corrected chi connectivity index (χ4v) is 2.57. The molecule has 1 atom stereocenters. The Balaban J connectivity index is 1.61. The summed E-state index contributed by atoms with van der Waals surface area (Å²) < 4.78 is 10.8. The number of ether oxygens (including phenoxy) is 2. The predicted octanol–water partition coefficient (Wildman–Crippen LogP) is 3.75. The van der Waals surface area contributed by atoms with E-state index in [4.69, 9.17) is 9.47 Å². The minimum atomic E-state index is -0.738. The van der Waals surface area contributed by atoms with Crippen molar-refractivity contribution in [3.8, 4) is 5.75 Å². The molecule has 0 radical (unpaired) electrons. The van der Waals surface area contributed by atoms with Crippen LogP contribution in [0.1, 0.15) is 23.7 Å². The van der Waals surface area contributed by atoms with Gasteiger partial charge in [0.15, 0.2) is 12.7 Å². The van der Waals surface area contributed by atoms with Gasteiger partial charge in [-0.3, -0.25) is 4.79 Å². The van der Waals surface area contributed by atoms with E-state index in [0.29, 0.717) is 17.7 Å². The topological polar surface area (TPSA) is 68.4 Å². The molecule has 128 valence electrons. The van der Waals surface area contributed by atoms with Gasteiger partial charge >= 0.3 is 5.97 Å². The molecule has 0 spiro atoms. The zero-order valence-corrected chi connectivity index (χ0v) is 13.9. The first-order valence-electron chi connectivity index (χ1n) is 8.16. The van der Waals surface area contributed by atoms with Gasteiger partial charge in [-0.1, -0.05) is 43.3 Å². The summed E-state index contributed by atoms with van der Waals surface area (Å²) in [5, 5.41) is 0.816. The molecule has 0 saturated carbocycles. The summed E-state index contributed by atoms with van der Waals surface area (Å²) in [5.74, 6) is -0.200. The lowest BCUT2D eigenvalue weighted by Crippen LogP contribution is -2.30. The van der Waals surface area contributed by atoms with Crippen molar-refractivity contribution in [2.24, 2.45) is 0 Å². The number of carbonyl (C=O) groups excluding carboxylic acids is 2. The summed E-state index contributed by atoms with van der Waals surface area (Å²) in [5.41, 5.74) is 1.39. The molecule has 0 saturated heterocycles. The maximum absolute atomic E-state index is 12.4. The molecular formula is C20H19NO4.